The Kier molecular flexibility index (Phi) is 6.45. The number of carbonyl (C=O) groups is 2. The van der Waals surface area contributed by atoms with E-state index in [-0.39, 0.29) is 29.4 Å². The first-order chi connectivity index (χ1) is 16.0. The lowest BCUT2D eigenvalue weighted by Crippen LogP contribution is -2.25. The van der Waals surface area contributed by atoms with E-state index in [1.807, 2.05) is 24.3 Å². The first kappa shape index (κ1) is 22.5. The van der Waals surface area contributed by atoms with Gasteiger partial charge in [-0.3, -0.25) is 14.2 Å². The van der Waals surface area contributed by atoms with Crippen LogP contribution >= 0.6 is 12.2 Å². The molecule has 10 heteroatoms. The highest BCUT2D eigenvalue weighted by Gasteiger charge is 2.32. The molecule has 2 N–H and O–H groups in total. The normalized spacial score (nSPS) is 14.5. The van der Waals surface area contributed by atoms with Crippen LogP contribution in [0, 0.1) is 4.77 Å². The van der Waals surface area contributed by atoms with E-state index in [0.717, 1.165) is 5.56 Å². The molecule has 2 aromatic carbocycles. The fraction of sp³-hybridized carbons (Fsp3) is 0.304. The van der Waals surface area contributed by atoms with Gasteiger partial charge in [0, 0.05) is 30.0 Å². The Morgan fingerprint density at radius 1 is 1.12 bits per heavy atom. The Balaban J connectivity index is 1.52. The summed E-state index contributed by atoms with van der Waals surface area (Å²) >= 11 is 5.47. The number of anilines is 1. The fourth-order valence-corrected chi connectivity index (χ4v) is 4.24. The van der Waals surface area contributed by atoms with Crippen molar-refractivity contribution < 1.29 is 23.8 Å². The zero-order valence-electron chi connectivity index (χ0n) is 18.5. The van der Waals surface area contributed by atoms with Gasteiger partial charge in [0.25, 0.3) is 0 Å². The van der Waals surface area contributed by atoms with Crippen molar-refractivity contribution in [2.24, 2.45) is 0 Å². The topological polar surface area (TPSA) is 104 Å². The number of hydrogen-bond acceptors (Lipinski definition) is 7. The minimum absolute atomic E-state index is 0.151. The first-order valence-electron chi connectivity index (χ1n) is 10.3. The molecule has 4 rings (SSSR count). The summed E-state index contributed by atoms with van der Waals surface area (Å²) in [5.41, 5.74) is 1.46. The summed E-state index contributed by atoms with van der Waals surface area (Å²) in [4.78, 5) is 29.7. The lowest BCUT2D eigenvalue weighted by atomic mass is 10.1. The maximum absolute atomic E-state index is 12.8. The second-order valence-corrected chi connectivity index (χ2v) is 7.83. The number of benzene rings is 2. The second-order valence-electron chi connectivity index (χ2n) is 7.47. The second kappa shape index (κ2) is 9.45. The molecule has 1 aliphatic heterocycles. The standard InChI is InChI=1S/C23H24N4O5S/c1-30-17-7-5-4-6-13(17)12-24-20(28)9-8-16-22(29)26-21-14-10-18(31-2)19(32-3)11-15(14)25-23(33)27(16)21/h4-7,10-11,16H,8-9,12H2,1-3H3,(H,24,28)(H,26,29). The molecule has 0 spiro atoms. The van der Waals surface area contributed by atoms with Crippen molar-refractivity contribution >= 4 is 40.8 Å². The summed E-state index contributed by atoms with van der Waals surface area (Å²) in [5.74, 6) is 1.87. The minimum Gasteiger partial charge on any atom is -0.496 e. The van der Waals surface area contributed by atoms with Gasteiger partial charge in [-0.15, -0.1) is 0 Å². The monoisotopic (exact) mass is 468 g/mol. The number of nitrogens with zero attached hydrogens (tertiary/aromatic N) is 2. The van der Waals surface area contributed by atoms with E-state index in [0.29, 0.717) is 40.5 Å². The van der Waals surface area contributed by atoms with Gasteiger partial charge < -0.3 is 24.8 Å². The molecule has 0 saturated heterocycles. The van der Waals surface area contributed by atoms with Crippen LogP contribution in [0.25, 0.3) is 10.9 Å². The number of ether oxygens (including phenoxy) is 3. The molecule has 1 unspecified atom stereocenters. The Labute approximate surface area is 195 Å². The number of hydrogen-bond donors (Lipinski definition) is 2. The van der Waals surface area contributed by atoms with Crippen LogP contribution in [-0.2, 0) is 16.1 Å². The quantitative estimate of drug-likeness (QED) is 0.489. The van der Waals surface area contributed by atoms with Crippen molar-refractivity contribution in [3.05, 3.63) is 46.7 Å². The Hall–Kier alpha value is -3.66. The molecule has 2 amide bonds. The summed E-state index contributed by atoms with van der Waals surface area (Å²) in [6.07, 6.45) is 0.434. The van der Waals surface area contributed by atoms with Crippen molar-refractivity contribution in [1.82, 2.24) is 14.9 Å². The lowest BCUT2D eigenvalue weighted by Gasteiger charge is -2.15. The van der Waals surface area contributed by atoms with Crippen LogP contribution in [0.5, 0.6) is 17.2 Å². The highest BCUT2D eigenvalue weighted by molar-refractivity contribution is 7.71. The number of methoxy groups -OCH3 is 3. The molecular formula is C23H24N4O5S. The summed E-state index contributed by atoms with van der Waals surface area (Å²) in [6, 6.07) is 10.3. The molecule has 0 saturated carbocycles. The first-order valence-corrected chi connectivity index (χ1v) is 10.7. The third-order valence-electron chi connectivity index (χ3n) is 5.59. The SMILES string of the molecule is COc1ccccc1CNC(=O)CCC1C(=O)Nc2c3cc(OC)c(OC)cc3nc(=S)n21. The maximum Gasteiger partial charge on any atom is 0.248 e. The molecule has 0 radical (unpaired) electrons. The number of amides is 2. The van der Waals surface area contributed by atoms with E-state index >= 15 is 0 Å². The smallest absolute Gasteiger partial charge is 0.248 e. The van der Waals surface area contributed by atoms with Gasteiger partial charge in [-0.1, -0.05) is 18.2 Å². The molecule has 172 valence electrons. The number of para-hydroxylation sites is 1. The summed E-state index contributed by atoms with van der Waals surface area (Å²) < 4.78 is 17.9. The van der Waals surface area contributed by atoms with E-state index in [1.165, 1.54) is 14.2 Å². The molecule has 1 aromatic heterocycles. The molecule has 9 nitrogen and oxygen atoms in total. The molecular weight excluding hydrogens is 444 g/mol. The highest BCUT2D eigenvalue weighted by Crippen LogP contribution is 2.38. The van der Waals surface area contributed by atoms with Crippen LogP contribution < -0.4 is 24.8 Å². The zero-order chi connectivity index (χ0) is 23.5. The van der Waals surface area contributed by atoms with Crippen molar-refractivity contribution in [3.63, 3.8) is 0 Å². The lowest BCUT2D eigenvalue weighted by molar-refractivity contribution is -0.122. The number of aromatic nitrogens is 2. The summed E-state index contributed by atoms with van der Waals surface area (Å²) in [6.45, 7) is 0.337. The van der Waals surface area contributed by atoms with Crippen LogP contribution in [0.3, 0.4) is 0 Å². The van der Waals surface area contributed by atoms with Crippen molar-refractivity contribution in [2.45, 2.75) is 25.4 Å². The highest BCUT2D eigenvalue weighted by atomic mass is 32.1. The molecule has 1 atom stereocenters. The Morgan fingerprint density at radius 2 is 1.82 bits per heavy atom. The largest absolute Gasteiger partial charge is 0.496 e. The summed E-state index contributed by atoms with van der Waals surface area (Å²) in [5, 5.41) is 6.44. The van der Waals surface area contributed by atoms with E-state index < -0.39 is 6.04 Å². The number of nitrogens with one attached hydrogen (secondary N) is 2. The molecule has 0 aliphatic carbocycles. The third-order valence-corrected chi connectivity index (χ3v) is 5.88. The predicted octanol–water partition coefficient (Wildman–Crippen LogP) is 3.38. The van der Waals surface area contributed by atoms with E-state index in [4.69, 9.17) is 26.4 Å². The van der Waals surface area contributed by atoms with Gasteiger partial charge in [0.15, 0.2) is 11.5 Å². The van der Waals surface area contributed by atoms with Crippen LogP contribution in [0.1, 0.15) is 24.4 Å². The Morgan fingerprint density at radius 3 is 2.55 bits per heavy atom. The molecule has 2 heterocycles. The third kappa shape index (κ3) is 4.34. The van der Waals surface area contributed by atoms with Crippen LogP contribution in [0.15, 0.2) is 36.4 Å². The van der Waals surface area contributed by atoms with Crippen LogP contribution in [0.2, 0.25) is 0 Å². The zero-order valence-corrected chi connectivity index (χ0v) is 19.3. The van der Waals surface area contributed by atoms with Gasteiger partial charge in [0.1, 0.15) is 17.6 Å². The number of fused-ring (bicyclic) bond motifs is 3. The van der Waals surface area contributed by atoms with Crippen molar-refractivity contribution in [1.29, 1.82) is 0 Å². The fourth-order valence-electron chi connectivity index (χ4n) is 3.93. The minimum atomic E-state index is -0.630. The van der Waals surface area contributed by atoms with Gasteiger partial charge in [0.05, 0.1) is 26.8 Å². The van der Waals surface area contributed by atoms with Gasteiger partial charge in [-0.25, -0.2) is 4.98 Å². The van der Waals surface area contributed by atoms with Gasteiger partial charge in [0.2, 0.25) is 16.6 Å². The predicted molar refractivity (Wildman–Crippen MR) is 125 cm³/mol. The number of rotatable bonds is 8. The van der Waals surface area contributed by atoms with Crippen LogP contribution in [0.4, 0.5) is 5.82 Å². The average molecular weight is 469 g/mol. The van der Waals surface area contributed by atoms with Gasteiger partial charge in [-0.05, 0) is 30.8 Å². The van der Waals surface area contributed by atoms with Crippen molar-refractivity contribution in [3.8, 4) is 17.2 Å². The molecule has 33 heavy (non-hydrogen) atoms. The van der Waals surface area contributed by atoms with Crippen molar-refractivity contribution in [2.75, 3.05) is 26.6 Å². The molecule has 3 aromatic rings. The van der Waals surface area contributed by atoms with E-state index in [9.17, 15) is 9.59 Å². The Bertz CT molecular complexity index is 1290. The molecule has 0 fully saturated rings. The van der Waals surface area contributed by atoms with E-state index in [2.05, 4.69) is 15.6 Å². The van der Waals surface area contributed by atoms with Gasteiger partial charge in [-0.2, -0.15) is 0 Å². The van der Waals surface area contributed by atoms with E-state index in [1.54, 1.807) is 23.8 Å². The van der Waals surface area contributed by atoms with Crippen LogP contribution in [-0.4, -0.2) is 42.7 Å². The average Bonchev–Trinajstić information content (AvgIpc) is 3.17. The molecule has 0 bridgehead atoms. The maximum atomic E-state index is 12.8. The summed E-state index contributed by atoms with van der Waals surface area (Å²) in [7, 11) is 4.66. The number of carbonyl (C=O) groups excluding carboxylic acids is 2. The van der Waals surface area contributed by atoms with Gasteiger partial charge >= 0.3 is 0 Å². The molecule has 1 aliphatic rings.